The third kappa shape index (κ3) is 2.89. The van der Waals surface area contributed by atoms with Crippen LogP contribution in [0.4, 0.5) is 0 Å². The summed E-state index contributed by atoms with van der Waals surface area (Å²) in [5.74, 6) is 0. The predicted molar refractivity (Wildman–Crippen MR) is 82.5 cm³/mol. The Hall–Kier alpha value is -1.82. The number of hydrogen-bond acceptors (Lipinski definition) is 0. The maximum atomic E-state index is 4.25. The van der Waals surface area contributed by atoms with E-state index in [0.29, 0.717) is 0 Å². The van der Waals surface area contributed by atoms with E-state index in [1.54, 1.807) is 0 Å². The molecule has 0 radical (unpaired) electrons. The minimum Gasteiger partial charge on any atom is -0.0958 e. The van der Waals surface area contributed by atoms with Crippen LogP contribution in [0, 0.1) is 6.92 Å². The molecule has 0 heteroatoms. The first-order chi connectivity index (χ1) is 8.36. The number of allylic oxidation sites excluding steroid dienone is 5. The zero-order chi connectivity index (χ0) is 13.9. The van der Waals surface area contributed by atoms with Gasteiger partial charge in [-0.2, -0.15) is 0 Å². The Kier molecular flexibility index (Phi) is 4.49. The van der Waals surface area contributed by atoms with Crippen molar-refractivity contribution >= 4 is 5.57 Å². The Morgan fingerprint density at radius 2 is 1.44 bits per heavy atom. The Balaban J connectivity index is 3.39. The van der Waals surface area contributed by atoms with Crippen molar-refractivity contribution in [1.29, 1.82) is 0 Å². The summed E-state index contributed by atoms with van der Waals surface area (Å²) < 4.78 is 0. The lowest BCUT2D eigenvalue weighted by atomic mass is 9.87. The van der Waals surface area contributed by atoms with Crippen LogP contribution in [-0.2, 0) is 0 Å². The molecule has 0 unspecified atom stereocenters. The van der Waals surface area contributed by atoms with E-state index in [9.17, 15) is 0 Å². The summed E-state index contributed by atoms with van der Waals surface area (Å²) in [6.45, 7) is 20.6. The molecule has 0 saturated heterocycles. The Bertz CT molecular complexity index is 539. The van der Waals surface area contributed by atoms with Gasteiger partial charge in [0.1, 0.15) is 0 Å². The van der Waals surface area contributed by atoms with Crippen LogP contribution in [0.5, 0.6) is 0 Å². The topological polar surface area (TPSA) is 0 Å². The largest absolute Gasteiger partial charge is 0.0958 e. The van der Waals surface area contributed by atoms with Gasteiger partial charge in [-0.25, -0.2) is 0 Å². The van der Waals surface area contributed by atoms with Crippen molar-refractivity contribution in [3.63, 3.8) is 0 Å². The molecule has 0 aliphatic heterocycles. The average Bonchev–Trinajstić information content (AvgIpc) is 2.28. The van der Waals surface area contributed by atoms with Crippen LogP contribution in [0.25, 0.3) is 5.57 Å². The van der Waals surface area contributed by atoms with Gasteiger partial charge in [0.15, 0.2) is 0 Å². The Morgan fingerprint density at radius 1 is 0.889 bits per heavy atom. The molecule has 0 saturated carbocycles. The van der Waals surface area contributed by atoms with Crippen LogP contribution in [0.15, 0.2) is 66.3 Å². The SMILES string of the molecule is C=C(C)/C(C)=C(\C(=C)C)C(=C)c1ccccc1C. The molecule has 1 rings (SSSR count). The summed E-state index contributed by atoms with van der Waals surface area (Å²) in [5, 5.41) is 0. The van der Waals surface area contributed by atoms with Crippen LogP contribution in [-0.4, -0.2) is 0 Å². The van der Waals surface area contributed by atoms with Gasteiger partial charge in [0, 0.05) is 0 Å². The Morgan fingerprint density at radius 3 is 1.89 bits per heavy atom. The summed E-state index contributed by atoms with van der Waals surface area (Å²) in [7, 11) is 0. The van der Waals surface area contributed by atoms with Gasteiger partial charge < -0.3 is 0 Å². The molecule has 0 spiro atoms. The number of rotatable bonds is 4. The summed E-state index contributed by atoms with van der Waals surface area (Å²) in [4.78, 5) is 0. The van der Waals surface area contributed by atoms with Crippen LogP contribution >= 0.6 is 0 Å². The molecule has 0 heterocycles. The van der Waals surface area contributed by atoms with Gasteiger partial charge in [0.2, 0.25) is 0 Å². The average molecular weight is 238 g/mol. The fraction of sp³-hybridized carbons (Fsp3) is 0.222. The van der Waals surface area contributed by atoms with Crippen molar-refractivity contribution in [2.24, 2.45) is 0 Å². The highest BCUT2D eigenvalue weighted by Gasteiger charge is 2.12. The molecule has 18 heavy (non-hydrogen) atoms. The molecule has 0 aliphatic rings. The van der Waals surface area contributed by atoms with Gasteiger partial charge in [-0.1, -0.05) is 55.1 Å². The van der Waals surface area contributed by atoms with Crippen molar-refractivity contribution in [2.45, 2.75) is 27.7 Å². The maximum Gasteiger partial charge on any atom is -0.0129 e. The molecule has 0 atom stereocenters. The van der Waals surface area contributed by atoms with Gasteiger partial charge in [-0.15, -0.1) is 0 Å². The zero-order valence-corrected chi connectivity index (χ0v) is 11.9. The molecule has 0 aromatic heterocycles. The number of aryl methyl sites for hydroxylation is 1. The minimum atomic E-state index is 1.03. The van der Waals surface area contributed by atoms with Crippen molar-refractivity contribution in [3.05, 3.63) is 77.4 Å². The van der Waals surface area contributed by atoms with E-state index in [4.69, 9.17) is 0 Å². The molecule has 0 N–H and O–H groups in total. The Labute approximate surface area is 111 Å². The van der Waals surface area contributed by atoms with Crippen LogP contribution in [0.3, 0.4) is 0 Å². The highest BCUT2D eigenvalue weighted by Crippen LogP contribution is 2.32. The summed E-state index contributed by atoms with van der Waals surface area (Å²) in [6, 6.07) is 8.29. The zero-order valence-electron chi connectivity index (χ0n) is 11.9. The highest BCUT2D eigenvalue weighted by molar-refractivity contribution is 5.84. The lowest BCUT2D eigenvalue weighted by molar-refractivity contribution is 1.28. The summed E-state index contributed by atoms with van der Waals surface area (Å²) >= 11 is 0. The monoisotopic (exact) mass is 238 g/mol. The van der Waals surface area contributed by atoms with E-state index in [1.165, 1.54) is 11.1 Å². The standard InChI is InChI=1S/C18H22/c1-12(2)15(6)18(13(3)4)16(7)17-11-9-8-10-14(17)5/h8-11H,1,3,7H2,2,4-6H3/b18-15+. The molecular formula is C18H22. The molecular weight excluding hydrogens is 216 g/mol. The molecule has 94 valence electrons. The first kappa shape index (κ1) is 14.2. The second-order valence-electron chi connectivity index (χ2n) is 4.85. The van der Waals surface area contributed by atoms with Gasteiger partial charge in [0.25, 0.3) is 0 Å². The number of benzene rings is 1. The van der Waals surface area contributed by atoms with Gasteiger partial charge in [0.05, 0.1) is 0 Å². The quantitative estimate of drug-likeness (QED) is 0.609. The maximum absolute atomic E-state index is 4.25. The van der Waals surface area contributed by atoms with Crippen LogP contribution in [0.1, 0.15) is 31.9 Å². The van der Waals surface area contributed by atoms with E-state index >= 15 is 0 Å². The molecule has 0 fully saturated rings. The van der Waals surface area contributed by atoms with Crippen LogP contribution < -0.4 is 0 Å². The fourth-order valence-electron chi connectivity index (χ4n) is 2.06. The summed E-state index contributed by atoms with van der Waals surface area (Å²) in [6.07, 6.45) is 0. The van der Waals surface area contributed by atoms with E-state index in [1.807, 2.05) is 26.0 Å². The first-order valence-electron chi connectivity index (χ1n) is 6.14. The molecule has 0 aliphatic carbocycles. The fourth-order valence-corrected chi connectivity index (χ4v) is 2.06. The van der Waals surface area contributed by atoms with Gasteiger partial charge >= 0.3 is 0 Å². The lowest BCUT2D eigenvalue weighted by Gasteiger charge is -2.17. The number of hydrogen-bond donors (Lipinski definition) is 0. The molecule has 0 amide bonds. The van der Waals surface area contributed by atoms with E-state index < -0.39 is 0 Å². The third-order valence-electron chi connectivity index (χ3n) is 3.21. The van der Waals surface area contributed by atoms with E-state index in [-0.39, 0.29) is 0 Å². The predicted octanol–water partition coefficient (Wildman–Crippen LogP) is 5.48. The first-order valence-corrected chi connectivity index (χ1v) is 6.14. The molecule has 1 aromatic rings. The second kappa shape index (κ2) is 5.68. The van der Waals surface area contributed by atoms with Gasteiger partial charge in [-0.3, -0.25) is 0 Å². The molecule has 1 aromatic carbocycles. The lowest BCUT2D eigenvalue weighted by Crippen LogP contribution is -1.97. The van der Waals surface area contributed by atoms with Gasteiger partial charge in [-0.05, 0) is 55.5 Å². The van der Waals surface area contributed by atoms with Crippen LogP contribution in [0.2, 0.25) is 0 Å². The normalized spacial score (nSPS) is 11.8. The smallest absolute Gasteiger partial charge is 0.0129 e. The third-order valence-corrected chi connectivity index (χ3v) is 3.21. The van der Waals surface area contributed by atoms with Crippen molar-refractivity contribution in [1.82, 2.24) is 0 Å². The highest BCUT2D eigenvalue weighted by atomic mass is 14.2. The molecule has 0 bridgehead atoms. The van der Waals surface area contributed by atoms with Crippen molar-refractivity contribution < 1.29 is 0 Å². The second-order valence-corrected chi connectivity index (χ2v) is 4.85. The van der Waals surface area contributed by atoms with E-state index in [2.05, 4.69) is 45.7 Å². The summed E-state index contributed by atoms with van der Waals surface area (Å²) in [5.41, 5.74) is 7.81. The van der Waals surface area contributed by atoms with E-state index in [0.717, 1.165) is 27.9 Å². The van der Waals surface area contributed by atoms with Crippen molar-refractivity contribution in [2.75, 3.05) is 0 Å². The molecule has 0 nitrogen and oxygen atoms in total. The minimum absolute atomic E-state index is 1.03. The van der Waals surface area contributed by atoms with Crippen molar-refractivity contribution in [3.8, 4) is 0 Å².